The molecule has 0 saturated heterocycles. The van der Waals surface area contributed by atoms with Gasteiger partial charge in [0, 0.05) is 32.2 Å². The van der Waals surface area contributed by atoms with Crippen molar-refractivity contribution in [1.82, 2.24) is 24.1 Å². The number of aromatic nitrogens is 4. The molecule has 7 heteroatoms. The summed E-state index contributed by atoms with van der Waals surface area (Å²) in [6.45, 7) is 3.01. The zero-order valence-electron chi connectivity index (χ0n) is 12.4. The molecule has 0 bridgehead atoms. The largest absolute Gasteiger partial charge is 0.334 e. The second-order valence-electron chi connectivity index (χ2n) is 5.04. The van der Waals surface area contributed by atoms with Crippen LogP contribution in [0, 0.1) is 0 Å². The smallest absolute Gasteiger partial charge is 0.276 e. The van der Waals surface area contributed by atoms with E-state index in [0.717, 1.165) is 11.3 Å². The van der Waals surface area contributed by atoms with E-state index in [2.05, 4.69) is 10.1 Å². The van der Waals surface area contributed by atoms with Crippen molar-refractivity contribution >= 4 is 23.2 Å². The number of carbonyl (C=O) groups is 1. The van der Waals surface area contributed by atoms with Crippen molar-refractivity contribution in [3.63, 3.8) is 0 Å². The number of hydrogen-bond acceptors (Lipinski definition) is 3. The number of hydrogen-bond donors (Lipinski definition) is 0. The fourth-order valence-electron chi connectivity index (χ4n) is 2.26. The molecule has 114 valence electrons. The number of fused-ring (bicyclic) bond motifs is 1. The summed E-state index contributed by atoms with van der Waals surface area (Å²) >= 11 is 6.08. The Bertz CT molecular complexity index is 789. The van der Waals surface area contributed by atoms with Gasteiger partial charge in [-0.05, 0) is 19.1 Å². The minimum absolute atomic E-state index is 0.214. The van der Waals surface area contributed by atoms with Crippen molar-refractivity contribution in [2.45, 2.75) is 20.0 Å². The molecule has 0 saturated carbocycles. The third kappa shape index (κ3) is 2.69. The summed E-state index contributed by atoms with van der Waals surface area (Å²) in [6, 6.07) is 5.79. The van der Waals surface area contributed by atoms with E-state index in [1.54, 1.807) is 22.8 Å². The number of nitrogens with zero attached hydrogens (tertiary/aromatic N) is 5. The Morgan fingerprint density at radius 3 is 2.86 bits per heavy atom. The van der Waals surface area contributed by atoms with E-state index in [9.17, 15) is 4.79 Å². The lowest BCUT2D eigenvalue weighted by atomic mass is 10.3. The van der Waals surface area contributed by atoms with Crippen molar-refractivity contribution in [2.75, 3.05) is 7.05 Å². The van der Waals surface area contributed by atoms with Crippen LogP contribution in [0.1, 0.15) is 23.1 Å². The fraction of sp³-hybridized carbons (Fsp3) is 0.267. The summed E-state index contributed by atoms with van der Waals surface area (Å²) in [4.78, 5) is 18.5. The van der Waals surface area contributed by atoms with Crippen LogP contribution in [0.15, 0.2) is 36.8 Å². The van der Waals surface area contributed by atoms with Gasteiger partial charge in [-0.2, -0.15) is 5.10 Å². The fourth-order valence-corrected chi connectivity index (χ4v) is 2.49. The minimum Gasteiger partial charge on any atom is -0.334 e. The molecule has 0 unspecified atom stereocenters. The molecule has 3 rings (SSSR count). The number of pyridine rings is 1. The molecule has 0 atom stereocenters. The number of amides is 1. The topological polar surface area (TPSA) is 55.4 Å². The van der Waals surface area contributed by atoms with Gasteiger partial charge in [0.15, 0.2) is 5.69 Å². The molecule has 0 spiro atoms. The Morgan fingerprint density at radius 1 is 1.36 bits per heavy atom. The molecule has 22 heavy (non-hydrogen) atoms. The number of aryl methyl sites for hydroxylation is 1. The summed E-state index contributed by atoms with van der Waals surface area (Å²) in [5, 5.41) is 4.57. The van der Waals surface area contributed by atoms with Gasteiger partial charge < -0.3 is 9.30 Å². The van der Waals surface area contributed by atoms with E-state index < -0.39 is 0 Å². The number of imidazole rings is 1. The van der Waals surface area contributed by atoms with Crippen molar-refractivity contribution in [1.29, 1.82) is 0 Å². The van der Waals surface area contributed by atoms with Crippen molar-refractivity contribution < 1.29 is 4.79 Å². The molecule has 0 aliphatic carbocycles. The van der Waals surface area contributed by atoms with Gasteiger partial charge in [0.25, 0.3) is 5.91 Å². The predicted octanol–water partition coefficient (Wildman–Crippen LogP) is 2.48. The standard InChI is InChI=1S/C15H16ClN5O/c1-3-21-10-12(16)14(18-21)15(22)19(2)8-11-9-20-7-5-4-6-13(20)17-11/h4-7,9-10H,3,8H2,1-2H3. The number of rotatable bonds is 4. The van der Waals surface area contributed by atoms with E-state index in [-0.39, 0.29) is 11.6 Å². The molecule has 0 aliphatic rings. The highest BCUT2D eigenvalue weighted by Gasteiger charge is 2.20. The van der Waals surface area contributed by atoms with Gasteiger partial charge in [-0.25, -0.2) is 4.98 Å². The van der Waals surface area contributed by atoms with Crippen LogP contribution in [0.5, 0.6) is 0 Å². The molecule has 3 aromatic rings. The van der Waals surface area contributed by atoms with E-state index in [1.807, 2.05) is 41.9 Å². The van der Waals surface area contributed by atoms with Crippen LogP contribution in [-0.4, -0.2) is 37.0 Å². The second kappa shape index (κ2) is 5.81. The Balaban J connectivity index is 1.79. The molecule has 0 N–H and O–H groups in total. The lowest BCUT2D eigenvalue weighted by molar-refractivity contribution is 0.0777. The Labute approximate surface area is 132 Å². The highest BCUT2D eigenvalue weighted by Crippen LogP contribution is 2.16. The lowest BCUT2D eigenvalue weighted by Gasteiger charge is -2.14. The Kier molecular flexibility index (Phi) is 3.85. The van der Waals surface area contributed by atoms with Crippen LogP contribution < -0.4 is 0 Å². The van der Waals surface area contributed by atoms with Crippen LogP contribution >= 0.6 is 11.6 Å². The first-order valence-electron chi connectivity index (χ1n) is 6.99. The monoisotopic (exact) mass is 317 g/mol. The van der Waals surface area contributed by atoms with Crippen molar-refractivity contribution in [2.24, 2.45) is 0 Å². The molecular formula is C15H16ClN5O. The first-order chi connectivity index (χ1) is 10.6. The van der Waals surface area contributed by atoms with Gasteiger partial charge in [0.05, 0.1) is 17.3 Å². The average Bonchev–Trinajstić information content (AvgIpc) is 3.08. The summed E-state index contributed by atoms with van der Waals surface area (Å²) in [7, 11) is 1.72. The highest BCUT2D eigenvalue weighted by atomic mass is 35.5. The van der Waals surface area contributed by atoms with Gasteiger partial charge >= 0.3 is 0 Å². The molecule has 0 radical (unpaired) electrons. The van der Waals surface area contributed by atoms with Crippen LogP contribution in [-0.2, 0) is 13.1 Å². The highest BCUT2D eigenvalue weighted by molar-refractivity contribution is 6.33. The zero-order chi connectivity index (χ0) is 15.7. The average molecular weight is 318 g/mol. The quantitative estimate of drug-likeness (QED) is 0.743. The van der Waals surface area contributed by atoms with E-state index in [1.165, 1.54) is 0 Å². The molecule has 3 heterocycles. The summed E-state index contributed by atoms with van der Waals surface area (Å²) in [5.74, 6) is -0.214. The van der Waals surface area contributed by atoms with E-state index in [0.29, 0.717) is 18.1 Å². The molecule has 0 aromatic carbocycles. The SMILES string of the molecule is CCn1cc(Cl)c(C(=O)N(C)Cc2cn3ccccc3n2)n1. The van der Waals surface area contributed by atoms with E-state index in [4.69, 9.17) is 11.6 Å². The molecule has 1 amide bonds. The Hall–Kier alpha value is -2.34. The first-order valence-corrected chi connectivity index (χ1v) is 7.37. The van der Waals surface area contributed by atoms with Gasteiger partial charge in [-0.3, -0.25) is 9.48 Å². The molecule has 3 aromatic heterocycles. The van der Waals surface area contributed by atoms with Crippen LogP contribution in [0.4, 0.5) is 0 Å². The second-order valence-corrected chi connectivity index (χ2v) is 5.45. The lowest BCUT2D eigenvalue weighted by Crippen LogP contribution is -2.27. The summed E-state index contributed by atoms with van der Waals surface area (Å²) < 4.78 is 3.57. The first kappa shape index (κ1) is 14.6. The van der Waals surface area contributed by atoms with Crippen molar-refractivity contribution in [3.8, 4) is 0 Å². The molecule has 6 nitrogen and oxygen atoms in total. The zero-order valence-corrected chi connectivity index (χ0v) is 13.2. The normalized spacial score (nSPS) is 11.0. The maximum atomic E-state index is 12.4. The van der Waals surface area contributed by atoms with Gasteiger partial charge in [0.2, 0.25) is 0 Å². The van der Waals surface area contributed by atoms with Gasteiger partial charge in [-0.1, -0.05) is 17.7 Å². The van der Waals surface area contributed by atoms with Gasteiger partial charge in [0.1, 0.15) is 5.65 Å². The summed E-state index contributed by atoms with van der Waals surface area (Å²) in [5.41, 5.74) is 1.94. The maximum Gasteiger partial charge on any atom is 0.276 e. The number of halogens is 1. The third-order valence-electron chi connectivity index (χ3n) is 3.40. The molecule has 0 aliphatic heterocycles. The Morgan fingerprint density at radius 2 is 2.18 bits per heavy atom. The maximum absolute atomic E-state index is 12.4. The van der Waals surface area contributed by atoms with Crippen molar-refractivity contribution in [3.05, 3.63) is 53.2 Å². The minimum atomic E-state index is -0.214. The third-order valence-corrected chi connectivity index (χ3v) is 3.68. The summed E-state index contributed by atoms with van der Waals surface area (Å²) in [6.07, 6.45) is 5.49. The predicted molar refractivity (Wildman–Crippen MR) is 83.9 cm³/mol. The van der Waals surface area contributed by atoms with Crippen LogP contribution in [0.2, 0.25) is 5.02 Å². The van der Waals surface area contributed by atoms with E-state index >= 15 is 0 Å². The van der Waals surface area contributed by atoms with Crippen LogP contribution in [0.25, 0.3) is 5.65 Å². The number of carbonyl (C=O) groups excluding carboxylic acids is 1. The molecule has 0 fully saturated rings. The van der Waals surface area contributed by atoms with Gasteiger partial charge in [-0.15, -0.1) is 0 Å². The molecular weight excluding hydrogens is 302 g/mol. The van der Waals surface area contributed by atoms with Crippen LogP contribution in [0.3, 0.4) is 0 Å².